The van der Waals surface area contributed by atoms with Gasteiger partial charge in [-0.1, -0.05) is 18.8 Å². The number of hydrogen-bond acceptors (Lipinski definition) is 3. The highest BCUT2D eigenvalue weighted by Crippen LogP contribution is 2.26. The Balaban J connectivity index is 2.21. The van der Waals surface area contributed by atoms with E-state index in [9.17, 15) is 4.79 Å². The lowest BCUT2D eigenvalue weighted by molar-refractivity contribution is 0.0698. The summed E-state index contributed by atoms with van der Waals surface area (Å²) in [6, 6.07) is 5.99. The van der Waals surface area contributed by atoms with E-state index in [0.717, 1.165) is 29.0 Å². The molecule has 1 amide bonds. The van der Waals surface area contributed by atoms with Gasteiger partial charge in [0.25, 0.3) is 5.91 Å². The minimum Gasteiger partial charge on any atom is -0.334 e. The molecular weight excluding hydrogens is 280 g/mol. The van der Waals surface area contributed by atoms with Crippen LogP contribution in [-0.2, 0) is 0 Å². The summed E-state index contributed by atoms with van der Waals surface area (Å²) in [5.74, 6) is 7.01. The molecular formula is C17H22N2OS. The monoisotopic (exact) mass is 302 g/mol. The fraction of sp³-hybridized carbons (Fsp3) is 0.471. The molecule has 1 heterocycles. The SMILES string of the molecule is Cc1cc(C(=O)N2CCSC(C)C2C)ccc1C#CCN. The number of hydrogen-bond donors (Lipinski definition) is 1. The Kier molecular flexibility index (Phi) is 5.33. The van der Waals surface area contributed by atoms with E-state index in [2.05, 4.69) is 25.7 Å². The zero-order valence-corrected chi connectivity index (χ0v) is 13.7. The van der Waals surface area contributed by atoms with Crippen molar-refractivity contribution in [3.63, 3.8) is 0 Å². The number of aryl methyl sites for hydroxylation is 1. The highest BCUT2D eigenvalue weighted by atomic mass is 32.2. The summed E-state index contributed by atoms with van der Waals surface area (Å²) in [4.78, 5) is 14.7. The van der Waals surface area contributed by atoms with Crippen LogP contribution in [0.15, 0.2) is 18.2 Å². The molecule has 0 saturated carbocycles. The van der Waals surface area contributed by atoms with Crippen LogP contribution in [0.2, 0.25) is 0 Å². The Labute approximate surface area is 131 Å². The Morgan fingerprint density at radius 3 is 2.90 bits per heavy atom. The lowest BCUT2D eigenvalue weighted by Crippen LogP contribution is -2.47. The van der Waals surface area contributed by atoms with Crippen LogP contribution >= 0.6 is 11.8 Å². The minimum atomic E-state index is 0.121. The third-order valence-electron chi connectivity index (χ3n) is 3.94. The maximum absolute atomic E-state index is 12.7. The summed E-state index contributed by atoms with van der Waals surface area (Å²) in [6.07, 6.45) is 0. The maximum atomic E-state index is 12.7. The Bertz CT molecular complexity index is 588. The van der Waals surface area contributed by atoms with E-state index in [4.69, 9.17) is 5.73 Å². The molecule has 3 nitrogen and oxygen atoms in total. The summed E-state index contributed by atoms with van der Waals surface area (Å²) in [6.45, 7) is 7.47. The van der Waals surface area contributed by atoms with E-state index >= 15 is 0 Å². The molecule has 112 valence electrons. The molecule has 1 saturated heterocycles. The van der Waals surface area contributed by atoms with Crippen LogP contribution in [0.5, 0.6) is 0 Å². The fourth-order valence-corrected chi connectivity index (χ4v) is 3.57. The summed E-state index contributed by atoms with van der Waals surface area (Å²) in [7, 11) is 0. The molecule has 1 aliphatic rings. The molecule has 0 aromatic heterocycles. The normalized spacial score (nSPS) is 21.6. The molecule has 1 aromatic carbocycles. The van der Waals surface area contributed by atoms with Crippen molar-refractivity contribution in [1.82, 2.24) is 4.90 Å². The van der Waals surface area contributed by atoms with E-state index in [1.165, 1.54) is 0 Å². The van der Waals surface area contributed by atoms with Crippen LogP contribution in [-0.4, -0.2) is 40.9 Å². The third kappa shape index (κ3) is 3.61. The highest BCUT2D eigenvalue weighted by Gasteiger charge is 2.29. The molecule has 0 bridgehead atoms. The molecule has 1 fully saturated rings. The fourth-order valence-electron chi connectivity index (χ4n) is 2.47. The zero-order chi connectivity index (χ0) is 15.4. The van der Waals surface area contributed by atoms with E-state index in [1.54, 1.807) is 0 Å². The molecule has 4 heteroatoms. The third-order valence-corrected chi connectivity index (χ3v) is 5.28. The van der Waals surface area contributed by atoms with E-state index < -0.39 is 0 Å². The molecule has 0 aliphatic carbocycles. The van der Waals surface area contributed by atoms with Crippen LogP contribution in [0, 0.1) is 18.8 Å². The van der Waals surface area contributed by atoms with Crippen LogP contribution in [0.3, 0.4) is 0 Å². The van der Waals surface area contributed by atoms with Crippen LogP contribution < -0.4 is 5.73 Å². The van der Waals surface area contributed by atoms with Crippen molar-refractivity contribution in [3.05, 3.63) is 34.9 Å². The van der Waals surface area contributed by atoms with Crippen LogP contribution in [0.1, 0.15) is 35.3 Å². The molecule has 0 radical (unpaired) electrons. The van der Waals surface area contributed by atoms with Gasteiger partial charge < -0.3 is 10.6 Å². The van der Waals surface area contributed by atoms with Crippen molar-refractivity contribution >= 4 is 17.7 Å². The number of nitrogens with two attached hydrogens (primary N) is 1. The second kappa shape index (κ2) is 7.02. The second-order valence-corrected chi connectivity index (χ2v) is 6.84. The molecule has 1 aliphatic heterocycles. The first kappa shape index (κ1) is 15.9. The second-order valence-electron chi connectivity index (χ2n) is 5.35. The Morgan fingerprint density at radius 2 is 2.24 bits per heavy atom. The topological polar surface area (TPSA) is 46.3 Å². The summed E-state index contributed by atoms with van der Waals surface area (Å²) >= 11 is 1.93. The molecule has 1 aromatic rings. The van der Waals surface area contributed by atoms with Crippen molar-refractivity contribution in [3.8, 4) is 11.8 Å². The molecule has 2 N–H and O–H groups in total. The van der Waals surface area contributed by atoms with Crippen molar-refractivity contribution in [2.75, 3.05) is 18.8 Å². The number of thioether (sulfide) groups is 1. The minimum absolute atomic E-state index is 0.121. The maximum Gasteiger partial charge on any atom is 0.254 e. The van der Waals surface area contributed by atoms with E-state index in [1.807, 2.05) is 41.8 Å². The number of amides is 1. The van der Waals surface area contributed by atoms with Crippen molar-refractivity contribution in [2.45, 2.75) is 32.1 Å². The summed E-state index contributed by atoms with van der Waals surface area (Å²) in [5.41, 5.74) is 8.10. The largest absolute Gasteiger partial charge is 0.334 e. The molecule has 2 unspecified atom stereocenters. The van der Waals surface area contributed by atoms with Gasteiger partial charge in [0.1, 0.15) is 0 Å². The number of nitrogens with zero attached hydrogens (tertiary/aromatic N) is 1. The van der Waals surface area contributed by atoms with Gasteiger partial charge in [-0.3, -0.25) is 4.79 Å². The van der Waals surface area contributed by atoms with E-state index in [-0.39, 0.29) is 11.9 Å². The molecule has 2 rings (SSSR count). The Hall–Kier alpha value is -1.44. The predicted molar refractivity (Wildman–Crippen MR) is 89.5 cm³/mol. The van der Waals surface area contributed by atoms with Gasteiger partial charge in [0.2, 0.25) is 0 Å². The zero-order valence-electron chi connectivity index (χ0n) is 12.8. The number of rotatable bonds is 1. The van der Waals surface area contributed by atoms with Gasteiger partial charge in [0.05, 0.1) is 6.54 Å². The molecule has 21 heavy (non-hydrogen) atoms. The van der Waals surface area contributed by atoms with Gasteiger partial charge in [-0.05, 0) is 37.6 Å². The van der Waals surface area contributed by atoms with Crippen molar-refractivity contribution in [1.29, 1.82) is 0 Å². The average molecular weight is 302 g/mol. The van der Waals surface area contributed by atoms with Crippen LogP contribution in [0.4, 0.5) is 0 Å². The Morgan fingerprint density at radius 1 is 1.48 bits per heavy atom. The lowest BCUT2D eigenvalue weighted by atomic mass is 10.0. The standard InChI is InChI=1S/C17H22N2OS/c1-12-11-16(7-6-15(12)5-4-8-18)17(20)19-9-10-21-14(3)13(19)2/h6-7,11,13-14H,8-10,18H2,1-3H3. The lowest BCUT2D eigenvalue weighted by Gasteiger charge is -2.37. The van der Waals surface area contributed by atoms with E-state index in [0.29, 0.717) is 11.8 Å². The van der Waals surface area contributed by atoms with Gasteiger partial charge in [-0.15, -0.1) is 0 Å². The first-order valence-corrected chi connectivity index (χ1v) is 8.31. The van der Waals surface area contributed by atoms with Crippen molar-refractivity contribution in [2.24, 2.45) is 5.73 Å². The van der Waals surface area contributed by atoms with Gasteiger partial charge in [0, 0.05) is 34.7 Å². The van der Waals surface area contributed by atoms with Gasteiger partial charge >= 0.3 is 0 Å². The number of carbonyl (C=O) groups excluding carboxylic acids is 1. The molecule has 0 spiro atoms. The summed E-state index contributed by atoms with van der Waals surface area (Å²) in [5, 5.41) is 0.485. The number of carbonyl (C=O) groups is 1. The smallest absolute Gasteiger partial charge is 0.254 e. The van der Waals surface area contributed by atoms with Crippen molar-refractivity contribution < 1.29 is 4.79 Å². The highest BCUT2D eigenvalue weighted by molar-refractivity contribution is 8.00. The quantitative estimate of drug-likeness (QED) is 0.810. The summed E-state index contributed by atoms with van der Waals surface area (Å²) < 4.78 is 0. The molecule has 2 atom stereocenters. The number of benzene rings is 1. The van der Waals surface area contributed by atoms with Gasteiger partial charge in [0.15, 0.2) is 0 Å². The van der Waals surface area contributed by atoms with Crippen LogP contribution in [0.25, 0.3) is 0 Å². The van der Waals surface area contributed by atoms with Gasteiger partial charge in [-0.2, -0.15) is 11.8 Å². The first-order valence-electron chi connectivity index (χ1n) is 7.26. The average Bonchev–Trinajstić information content (AvgIpc) is 2.48. The van der Waals surface area contributed by atoms with Gasteiger partial charge in [-0.25, -0.2) is 0 Å². The first-order chi connectivity index (χ1) is 10.0. The predicted octanol–water partition coefficient (Wildman–Crippen LogP) is 2.27.